The van der Waals surface area contributed by atoms with Crippen molar-refractivity contribution in [2.75, 3.05) is 0 Å². The van der Waals surface area contributed by atoms with Gasteiger partial charge in [0.05, 0.1) is 0 Å². The molecule has 0 fully saturated rings. The van der Waals surface area contributed by atoms with Gasteiger partial charge in [0.15, 0.2) is 0 Å². The zero-order valence-electron chi connectivity index (χ0n) is 3.22. The van der Waals surface area contributed by atoms with Crippen molar-refractivity contribution in [3.05, 3.63) is 0 Å². The predicted octanol–water partition coefficient (Wildman–Crippen LogP) is -1.62. The van der Waals surface area contributed by atoms with Crippen LogP contribution in [0.1, 0.15) is 1.43 Å². The summed E-state index contributed by atoms with van der Waals surface area (Å²) in [4.78, 5) is 0. The summed E-state index contributed by atoms with van der Waals surface area (Å²) in [7, 11) is 0. The maximum atomic E-state index is 0. The smallest absolute Gasteiger partial charge is 1.00 e. The minimum atomic E-state index is 0. The van der Waals surface area contributed by atoms with Crippen LogP contribution >= 0.6 is 37.2 Å². The first-order valence-electron chi connectivity index (χ1n) is 0. The summed E-state index contributed by atoms with van der Waals surface area (Å²) in [5, 5.41) is 0. The fourth-order valence-corrected chi connectivity index (χ4v) is 0. The van der Waals surface area contributed by atoms with Crippen molar-refractivity contribution in [3.63, 3.8) is 0 Å². The van der Waals surface area contributed by atoms with E-state index in [-0.39, 0.29) is 68.2 Å². The van der Waals surface area contributed by atoms with Gasteiger partial charge in [-0.25, -0.2) is 0 Å². The Balaban J connectivity index is 0. The summed E-state index contributed by atoms with van der Waals surface area (Å²) < 4.78 is 0. The molecule has 0 spiro atoms. The van der Waals surface area contributed by atoms with Crippen molar-refractivity contribution in [1.82, 2.24) is 0 Å². The van der Waals surface area contributed by atoms with Crippen molar-refractivity contribution in [2.24, 2.45) is 0 Å². The average Bonchev–Trinajstić information content (AvgIpc) is 0. The van der Waals surface area contributed by atoms with Crippen molar-refractivity contribution in [3.8, 4) is 0 Å². The van der Waals surface area contributed by atoms with Crippen molar-refractivity contribution in [1.29, 1.82) is 0 Å². The Bertz CT molecular complexity index is 6.85. The van der Waals surface area contributed by atoms with Crippen LogP contribution in [0.2, 0.25) is 0 Å². The van der Waals surface area contributed by atoms with Crippen LogP contribution in [-0.4, -0.2) is 0 Å². The Labute approximate surface area is 67.7 Å². The van der Waals surface area contributed by atoms with Gasteiger partial charge in [-0.3, -0.25) is 0 Å². The van der Waals surface area contributed by atoms with Gasteiger partial charge in [0.1, 0.15) is 0 Å². The average molecular weight is 133 g/mol. The molecular formula is H4Cl3Na. The molecule has 0 unspecified atom stereocenters. The van der Waals surface area contributed by atoms with E-state index in [0.717, 1.165) is 0 Å². The topological polar surface area (TPSA) is 0 Å². The number of hydrogen-bond donors (Lipinski definition) is 0. The van der Waals surface area contributed by atoms with E-state index in [2.05, 4.69) is 0 Å². The number of rotatable bonds is 0. The Morgan fingerprint density at radius 3 is 0.750 bits per heavy atom. The molecule has 0 aromatic heterocycles. The van der Waals surface area contributed by atoms with E-state index < -0.39 is 0 Å². The summed E-state index contributed by atoms with van der Waals surface area (Å²) in [6.45, 7) is 0. The van der Waals surface area contributed by atoms with Crippen molar-refractivity contribution in [2.45, 2.75) is 0 Å². The van der Waals surface area contributed by atoms with Crippen molar-refractivity contribution >= 4 is 37.2 Å². The van der Waals surface area contributed by atoms with Crippen molar-refractivity contribution < 1.29 is 31.0 Å². The first-order valence-corrected chi connectivity index (χ1v) is 0. The molecule has 0 aromatic rings. The molecule has 0 aliphatic carbocycles. The van der Waals surface area contributed by atoms with Gasteiger partial charge >= 0.3 is 29.6 Å². The van der Waals surface area contributed by atoms with Crippen LogP contribution in [0.5, 0.6) is 0 Å². The molecule has 0 N–H and O–H groups in total. The quantitative estimate of drug-likeness (QED) is 0.349. The SMILES string of the molecule is Cl.Cl.Cl.[H-].[Na+]. The second-order valence-corrected chi connectivity index (χ2v) is 0. The van der Waals surface area contributed by atoms with Gasteiger partial charge < -0.3 is 1.43 Å². The van der Waals surface area contributed by atoms with E-state index >= 15 is 0 Å². The Kier molecular flexibility index (Phi) is 208. The van der Waals surface area contributed by atoms with Crippen LogP contribution < -0.4 is 29.6 Å². The molecule has 0 bridgehead atoms. The maximum absolute atomic E-state index is 0. The Morgan fingerprint density at radius 1 is 0.750 bits per heavy atom. The minimum Gasteiger partial charge on any atom is -1.00 e. The third kappa shape index (κ3) is 9.12. The summed E-state index contributed by atoms with van der Waals surface area (Å²) in [5.41, 5.74) is 0. The fraction of sp³-hybridized carbons (Fsp3) is 0. The first-order chi connectivity index (χ1) is 0. The van der Waals surface area contributed by atoms with Crippen LogP contribution in [0.15, 0.2) is 0 Å². The minimum absolute atomic E-state index is 0. The molecule has 0 aliphatic rings. The zero-order chi connectivity index (χ0) is 0. The maximum Gasteiger partial charge on any atom is 1.00 e. The second-order valence-electron chi connectivity index (χ2n) is 0. The van der Waals surface area contributed by atoms with E-state index in [1.165, 1.54) is 0 Å². The Morgan fingerprint density at radius 2 is 0.750 bits per heavy atom. The Hall–Kier alpha value is 1.87. The third-order valence-corrected chi connectivity index (χ3v) is 0. The monoisotopic (exact) mass is 132 g/mol. The molecular weight excluding hydrogens is 129 g/mol. The first kappa shape index (κ1) is 39.8. The van der Waals surface area contributed by atoms with Crippen LogP contribution in [-0.2, 0) is 0 Å². The molecule has 0 atom stereocenters. The third-order valence-electron chi connectivity index (χ3n) is 0. The van der Waals surface area contributed by atoms with E-state index in [4.69, 9.17) is 0 Å². The van der Waals surface area contributed by atoms with Gasteiger partial charge in [0.2, 0.25) is 0 Å². The fourth-order valence-electron chi connectivity index (χ4n) is 0. The van der Waals surface area contributed by atoms with Crippen LogP contribution in [0.3, 0.4) is 0 Å². The molecule has 0 saturated heterocycles. The zero-order valence-corrected chi connectivity index (χ0v) is 6.67. The normalized spacial score (nSPS) is 0. The van der Waals surface area contributed by atoms with E-state index in [9.17, 15) is 0 Å². The molecule has 4 heavy (non-hydrogen) atoms. The molecule has 4 heteroatoms. The standard InChI is InChI=1S/3ClH.Na.H/h3*1H;;/q;;;+1;-1. The molecule has 0 saturated carbocycles. The summed E-state index contributed by atoms with van der Waals surface area (Å²) >= 11 is 0. The van der Waals surface area contributed by atoms with Gasteiger partial charge in [-0.2, -0.15) is 0 Å². The number of halogens is 3. The van der Waals surface area contributed by atoms with Crippen LogP contribution in [0, 0.1) is 0 Å². The van der Waals surface area contributed by atoms with Gasteiger partial charge in [-0.1, -0.05) is 0 Å². The van der Waals surface area contributed by atoms with E-state index in [1.54, 1.807) is 0 Å². The molecule has 26 valence electrons. The summed E-state index contributed by atoms with van der Waals surface area (Å²) in [5.74, 6) is 0. The molecule has 0 aliphatic heterocycles. The molecule has 0 nitrogen and oxygen atoms in total. The van der Waals surface area contributed by atoms with E-state index in [1.807, 2.05) is 0 Å². The second kappa shape index (κ2) is 20.9. The van der Waals surface area contributed by atoms with Gasteiger partial charge in [0.25, 0.3) is 0 Å². The largest absolute Gasteiger partial charge is 1.00 e. The molecule has 0 heterocycles. The van der Waals surface area contributed by atoms with E-state index in [0.29, 0.717) is 0 Å². The van der Waals surface area contributed by atoms with Crippen LogP contribution in [0.4, 0.5) is 0 Å². The summed E-state index contributed by atoms with van der Waals surface area (Å²) in [6, 6.07) is 0. The summed E-state index contributed by atoms with van der Waals surface area (Å²) in [6.07, 6.45) is 0. The van der Waals surface area contributed by atoms with Gasteiger partial charge in [0, 0.05) is 0 Å². The predicted molar refractivity (Wildman–Crippen MR) is 22.9 cm³/mol. The number of hydrogen-bond acceptors (Lipinski definition) is 0. The molecule has 0 aromatic carbocycles. The van der Waals surface area contributed by atoms with Gasteiger partial charge in [-0.15, -0.1) is 37.2 Å². The molecule has 0 amide bonds. The van der Waals surface area contributed by atoms with Crippen LogP contribution in [0.25, 0.3) is 0 Å². The van der Waals surface area contributed by atoms with Gasteiger partial charge in [-0.05, 0) is 0 Å². The molecule has 0 radical (unpaired) electrons. The molecule has 0 rings (SSSR count).